The molecule has 1 aliphatic carbocycles. The number of fused-ring (bicyclic) bond motifs is 1. The van der Waals surface area contributed by atoms with Crippen LogP contribution in [0.1, 0.15) is 132 Å². The fourth-order valence-electron chi connectivity index (χ4n) is 6.82. The van der Waals surface area contributed by atoms with Crippen molar-refractivity contribution in [3.05, 3.63) is 40.0 Å². The lowest BCUT2D eigenvalue weighted by Crippen LogP contribution is -2.68. The van der Waals surface area contributed by atoms with Crippen LogP contribution >= 0.6 is 0 Å². The van der Waals surface area contributed by atoms with Gasteiger partial charge in [0.1, 0.15) is 8.80 Å². The first-order valence-electron chi connectivity index (χ1n) is 12.5. The smallest absolute Gasteiger partial charge is 0.0593 e. The molecule has 0 spiro atoms. The number of hydrogen-bond donors (Lipinski definition) is 0. The molecule has 2 aliphatic rings. The van der Waals surface area contributed by atoms with Gasteiger partial charge in [0.25, 0.3) is 0 Å². The Bertz CT molecular complexity index is 876. The molecule has 0 N–H and O–H groups in total. The van der Waals surface area contributed by atoms with Crippen molar-refractivity contribution in [2.75, 3.05) is 0 Å². The number of rotatable bonds is 3. The molecular weight excluding hydrogens is 388 g/mol. The molecule has 1 aromatic carbocycles. The van der Waals surface area contributed by atoms with E-state index in [4.69, 9.17) is 0 Å². The summed E-state index contributed by atoms with van der Waals surface area (Å²) in [6.45, 7) is 37.0. The molecule has 0 saturated heterocycles. The van der Waals surface area contributed by atoms with Crippen LogP contribution in [0.3, 0.4) is 0 Å². The Kier molecular flexibility index (Phi) is 5.48. The molecule has 31 heavy (non-hydrogen) atoms. The molecule has 1 aromatic rings. The highest BCUT2D eigenvalue weighted by atomic mass is 28.3. The Morgan fingerprint density at radius 1 is 0.710 bits per heavy atom. The maximum Gasteiger partial charge on any atom is 0.113 e. The zero-order valence-corrected chi connectivity index (χ0v) is 24.3. The highest BCUT2D eigenvalue weighted by molar-refractivity contribution is 6.86. The van der Waals surface area contributed by atoms with E-state index in [0.717, 1.165) is 0 Å². The van der Waals surface area contributed by atoms with Gasteiger partial charge >= 0.3 is 0 Å². The van der Waals surface area contributed by atoms with Crippen LogP contribution < -0.4 is 5.19 Å². The second-order valence-corrected chi connectivity index (χ2v) is 17.8. The second-order valence-electron chi connectivity index (χ2n) is 14.6. The first kappa shape index (κ1) is 24.8. The lowest BCUT2D eigenvalue weighted by atomic mass is 9.77. The van der Waals surface area contributed by atoms with Crippen molar-refractivity contribution in [3.63, 3.8) is 0 Å². The average Bonchev–Trinajstić information content (AvgIpc) is 3.25. The Morgan fingerprint density at radius 3 is 1.48 bits per heavy atom. The molecule has 1 heteroatoms. The van der Waals surface area contributed by atoms with Crippen LogP contribution in [0, 0.1) is 16.2 Å². The maximum absolute atomic E-state index is 2.58. The van der Waals surface area contributed by atoms with E-state index in [1.165, 1.54) is 5.56 Å². The van der Waals surface area contributed by atoms with Gasteiger partial charge in [0.05, 0.1) is 0 Å². The van der Waals surface area contributed by atoms with Crippen LogP contribution in [0.25, 0.3) is 0 Å². The van der Waals surface area contributed by atoms with E-state index in [0.29, 0.717) is 11.8 Å². The lowest BCUT2D eigenvalue weighted by molar-refractivity contribution is 0.317. The van der Waals surface area contributed by atoms with Gasteiger partial charge in [-0.2, -0.15) is 0 Å². The van der Waals surface area contributed by atoms with Gasteiger partial charge in [0.15, 0.2) is 0 Å². The third-order valence-electron chi connectivity index (χ3n) is 7.97. The van der Waals surface area contributed by atoms with Crippen LogP contribution in [0.2, 0.25) is 5.04 Å². The topological polar surface area (TPSA) is 0 Å². The predicted octanol–water partition coefficient (Wildman–Crippen LogP) is 8.65. The highest BCUT2D eigenvalue weighted by Gasteiger charge is 2.74. The summed E-state index contributed by atoms with van der Waals surface area (Å²) in [6.07, 6.45) is 0. The van der Waals surface area contributed by atoms with Crippen molar-refractivity contribution >= 4 is 14.0 Å². The minimum Gasteiger partial charge on any atom is -0.0593 e. The second kappa shape index (κ2) is 6.84. The van der Waals surface area contributed by atoms with Crippen LogP contribution in [-0.2, 0) is 5.04 Å². The van der Waals surface area contributed by atoms with Crippen molar-refractivity contribution in [2.45, 2.75) is 126 Å². The van der Waals surface area contributed by atoms with Gasteiger partial charge in [-0.25, -0.2) is 0 Å². The van der Waals surface area contributed by atoms with Crippen LogP contribution in [0.15, 0.2) is 23.3 Å². The first-order chi connectivity index (χ1) is 13.7. The first-order valence-corrected chi connectivity index (χ1v) is 14.0. The van der Waals surface area contributed by atoms with E-state index in [1.807, 2.05) is 0 Å². The largest absolute Gasteiger partial charge is 0.113 e. The SMILES string of the molecule is CC(C)c1cc(C(C)C)c2c(c1)C(C)(C)[Si]2C1(C(C)(C)C)C(C(C)(C)C)=C1C(C)(C)C. The van der Waals surface area contributed by atoms with Crippen molar-refractivity contribution < 1.29 is 0 Å². The molecule has 173 valence electrons. The molecule has 0 aromatic heterocycles. The maximum atomic E-state index is 2.58. The standard InChI is InChI=1S/C30H49Si/c1-18(2)20-16-21(19(3)4)23-22(17-20)29(14,15)31(23)30(28(11,12)13)24(26(5,6)7)25(30)27(8,9)10/h16-19H,1-15H3. The molecule has 0 nitrogen and oxygen atoms in total. The van der Waals surface area contributed by atoms with E-state index < -0.39 is 8.80 Å². The Labute approximate surface area is 195 Å². The highest BCUT2D eigenvalue weighted by Crippen LogP contribution is 2.81. The monoisotopic (exact) mass is 437 g/mol. The van der Waals surface area contributed by atoms with Crippen LogP contribution in [-0.4, -0.2) is 8.80 Å². The van der Waals surface area contributed by atoms with Gasteiger partial charge in [0, 0.05) is 5.04 Å². The molecule has 0 amide bonds. The van der Waals surface area contributed by atoms with Gasteiger partial charge in [-0.3, -0.25) is 0 Å². The number of allylic oxidation sites excluding steroid dienone is 2. The summed E-state index contributed by atoms with van der Waals surface area (Å²) in [5, 5.41) is 2.32. The molecule has 1 aliphatic heterocycles. The van der Waals surface area contributed by atoms with E-state index in [1.54, 1.807) is 27.5 Å². The summed E-state index contributed by atoms with van der Waals surface area (Å²) in [6, 6.07) is 5.15. The van der Waals surface area contributed by atoms with Crippen LogP contribution in [0.4, 0.5) is 0 Å². The molecule has 0 atom stereocenters. The summed E-state index contributed by atoms with van der Waals surface area (Å²) in [7, 11) is -0.855. The van der Waals surface area contributed by atoms with Gasteiger partial charge in [-0.15, -0.1) is 0 Å². The van der Waals surface area contributed by atoms with Gasteiger partial charge < -0.3 is 0 Å². The summed E-state index contributed by atoms with van der Waals surface area (Å²) < 4.78 is 0. The van der Waals surface area contributed by atoms with Crippen molar-refractivity contribution in [1.82, 2.24) is 0 Å². The molecule has 3 rings (SSSR count). The molecule has 0 unspecified atom stereocenters. The Morgan fingerprint density at radius 2 is 1.16 bits per heavy atom. The fraction of sp³-hybridized carbons (Fsp3) is 0.733. The lowest BCUT2D eigenvalue weighted by Gasteiger charge is -2.57. The fourth-order valence-corrected chi connectivity index (χ4v) is 12.5. The van der Waals surface area contributed by atoms with Crippen LogP contribution in [0.5, 0.6) is 0 Å². The third kappa shape index (κ3) is 3.35. The number of hydrogen-bond acceptors (Lipinski definition) is 0. The normalized spacial score (nSPS) is 20.9. The minimum absolute atomic E-state index is 0.218. The zero-order chi connectivity index (χ0) is 24.1. The summed E-state index contributed by atoms with van der Waals surface area (Å²) in [5.74, 6) is 1.16. The molecular formula is C30H49Si. The molecule has 0 bridgehead atoms. The van der Waals surface area contributed by atoms with Crippen molar-refractivity contribution in [1.29, 1.82) is 0 Å². The van der Waals surface area contributed by atoms with E-state index in [2.05, 4.69) is 116 Å². The Balaban J connectivity index is 2.36. The molecule has 0 saturated carbocycles. The van der Waals surface area contributed by atoms with E-state index >= 15 is 0 Å². The quantitative estimate of drug-likeness (QED) is 0.328. The summed E-state index contributed by atoms with van der Waals surface area (Å²) >= 11 is 0. The Hall–Kier alpha value is -0.823. The predicted molar refractivity (Wildman–Crippen MR) is 141 cm³/mol. The third-order valence-corrected chi connectivity index (χ3v) is 12.5. The van der Waals surface area contributed by atoms with Gasteiger partial charge in [-0.05, 0) is 49.8 Å². The minimum atomic E-state index is -0.855. The summed E-state index contributed by atoms with van der Waals surface area (Å²) in [4.78, 5) is 0. The average molecular weight is 438 g/mol. The number of benzene rings is 1. The molecule has 1 radical (unpaired) electrons. The van der Waals surface area contributed by atoms with E-state index in [-0.39, 0.29) is 26.3 Å². The van der Waals surface area contributed by atoms with E-state index in [9.17, 15) is 0 Å². The molecule has 1 heterocycles. The van der Waals surface area contributed by atoms with Crippen molar-refractivity contribution in [3.8, 4) is 0 Å². The van der Waals surface area contributed by atoms with Crippen molar-refractivity contribution in [2.24, 2.45) is 16.2 Å². The van der Waals surface area contributed by atoms with Gasteiger partial charge in [-0.1, -0.05) is 132 Å². The zero-order valence-electron chi connectivity index (χ0n) is 23.3. The molecule has 0 fully saturated rings. The van der Waals surface area contributed by atoms with Gasteiger partial charge in [0.2, 0.25) is 0 Å². The summed E-state index contributed by atoms with van der Waals surface area (Å²) in [5.41, 5.74) is 9.07.